The van der Waals surface area contributed by atoms with Crippen molar-refractivity contribution < 1.29 is 9.59 Å². The summed E-state index contributed by atoms with van der Waals surface area (Å²) in [5, 5.41) is 2.93. The zero-order valence-electron chi connectivity index (χ0n) is 16.3. The Morgan fingerprint density at radius 1 is 1.17 bits per heavy atom. The third kappa shape index (κ3) is 4.51. The van der Waals surface area contributed by atoms with E-state index in [1.807, 2.05) is 54.1 Å². The lowest BCUT2D eigenvalue weighted by Gasteiger charge is -2.17. The second-order valence-electron chi connectivity index (χ2n) is 7.37. The van der Waals surface area contributed by atoms with Crippen LogP contribution in [-0.2, 0) is 22.7 Å². The van der Waals surface area contributed by atoms with Crippen LogP contribution in [0.4, 0.5) is 0 Å². The molecule has 3 aromatic rings. The molecule has 4 rings (SSSR count). The normalized spacial score (nSPS) is 16.2. The van der Waals surface area contributed by atoms with Gasteiger partial charge in [0.15, 0.2) is 0 Å². The largest absolute Gasteiger partial charge is 0.352 e. The summed E-state index contributed by atoms with van der Waals surface area (Å²) in [7, 11) is 0. The fourth-order valence-corrected chi connectivity index (χ4v) is 3.42. The summed E-state index contributed by atoms with van der Waals surface area (Å²) in [5.74, 6) is 0.386. The molecule has 0 saturated carbocycles. The number of aromatic nitrogens is 3. The highest BCUT2D eigenvalue weighted by Gasteiger charge is 2.34. The Morgan fingerprint density at radius 3 is 2.66 bits per heavy atom. The van der Waals surface area contributed by atoms with Gasteiger partial charge in [0.25, 0.3) is 0 Å². The molecule has 2 amide bonds. The highest BCUT2D eigenvalue weighted by molar-refractivity contribution is 5.89. The van der Waals surface area contributed by atoms with Crippen LogP contribution in [0.1, 0.15) is 23.1 Å². The second-order valence-corrected chi connectivity index (χ2v) is 7.37. The van der Waals surface area contributed by atoms with Crippen LogP contribution in [0.15, 0.2) is 61.3 Å². The number of pyridine rings is 1. The van der Waals surface area contributed by atoms with Gasteiger partial charge in [-0.15, -0.1) is 0 Å². The van der Waals surface area contributed by atoms with Crippen LogP contribution in [0.25, 0.3) is 5.82 Å². The maximum atomic E-state index is 12.5. The third-order valence-corrected chi connectivity index (χ3v) is 5.12. The van der Waals surface area contributed by atoms with Crippen LogP contribution in [0.3, 0.4) is 0 Å². The van der Waals surface area contributed by atoms with Gasteiger partial charge in [-0.05, 0) is 24.1 Å². The van der Waals surface area contributed by atoms with Crippen molar-refractivity contribution in [2.45, 2.75) is 26.4 Å². The van der Waals surface area contributed by atoms with Gasteiger partial charge in [0, 0.05) is 44.6 Å². The number of benzene rings is 1. The van der Waals surface area contributed by atoms with E-state index >= 15 is 0 Å². The fraction of sp³-hybridized carbons (Fsp3) is 0.273. The fourth-order valence-electron chi connectivity index (χ4n) is 3.42. The maximum absolute atomic E-state index is 12.5. The number of carbonyl (C=O) groups is 2. The van der Waals surface area contributed by atoms with Gasteiger partial charge >= 0.3 is 0 Å². The van der Waals surface area contributed by atoms with Crippen LogP contribution in [0.2, 0.25) is 0 Å². The molecule has 0 bridgehead atoms. The standard InChI is InChI=1S/C22H23N5O2/c1-16-2-4-17(5-3-16)13-27-14-19(10-21(27)28)22(29)25-12-18-6-7-20(24-11-18)26-9-8-23-15-26/h2-9,11,15,19H,10,12-14H2,1H3,(H,25,29). The number of likely N-dealkylation sites (tertiary alicyclic amines) is 1. The Kier molecular flexibility index (Phi) is 5.37. The van der Waals surface area contributed by atoms with Crippen molar-refractivity contribution in [3.05, 3.63) is 78.0 Å². The summed E-state index contributed by atoms with van der Waals surface area (Å²) in [5.41, 5.74) is 3.17. The van der Waals surface area contributed by atoms with Crippen LogP contribution in [-0.4, -0.2) is 37.8 Å². The Hall–Kier alpha value is -3.48. The first-order valence-corrected chi connectivity index (χ1v) is 9.63. The summed E-state index contributed by atoms with van der Waals surface area (Å²) in [6.07, 6.45) is 7.20. The number of nitrogens with zero attached hydrogens (tertiary/aromatic N) is 4. The molecule has 1 unspecified atom stereocenters. The van der Waals surface area contributed by atoms with Gasteiger partial charge in [0.2, 0.25) is 11.8 Å². The van der Waals surface area contributed by atoms with E-state index in [9.17, 15) is 9.59 Å². The van der Waals surface area contributed by atoms with E-state index < -0.39 is 0 Å². The highest BCUT2D eigenvalue weighted by Crippen LogP contribution is 2.21. The van der Waals surface area contributed by atoms with Crippen molar-refractivity contribution in [3.8, 4) is 5.82 Å². The van der Waals surface area contributed by atoms with Crippen LogP contribution in [0, 0.1) is 12.8 Å². The number of amides is 2. The molecule has 1 atom stereocenters. The van der Waals surface area contributed by atoms with E-state index in [4.69, 9.17) is 0 Å². The number of nitrogens with one attached hydrogen (secondary N) is 1. The molecule has 0 spiro atoms. The smallest absolute Gasteiger partial charge is 0.225 e. The van der Waals surface area contributed by atoms with Crippen molar-refractivity contribution in [2.24, 2.45) is 5.92 Å². The Bertz CT molecular complexity index is 981. The molecule has 1 aliphatic rings. The van der Waals surface area contributed by atoms with Crippen molar-refractivity contribution in [1.82, 2.24) is 24.8 Å². The van der Waals surface area contributed by atoms with Crippen LogP contribution < -0.4 is 5.32 Å². The Morgan fingerprint density at radius 2 is 1.97 bits per heavy atom. The lowest BCUT2D eigenvalue weighted by atomic mass is 10.1. The third-order valence-electron chi connectivity index (χ3n) is 5.12. The first-order valence-electron chi connectivity index (χ1n) is 9.63. The van der Waals surface area contributed by atoms with Crippen molar-refractivity contribution in [1.29, 1.82) is 0 Å². The molecule has 3 heterocycles. The molecule has 1 aliphatic heterocycles. The number of aryl methyl sites for hydroxylation is 1. The molecule has 0 radical (unpaired) electrons. The average Bonchev–Trinajstić information content (AvgIpc) is 3.39. The second kappa shape index (κ2) is 8.26. The zero-order chi connectivity index (χ0) is 20.2. The Balaban J connectivity index is 1.29. The molecular formula is C22H23N5O2. The quantitative estimate of drug-likeness (QED) is 0.701. The predicted octanol–water partition coefficient (Wildman–Crippen LogP) is 2.24. The van der Waals surface area contributed by atoms with E-state index in [0.717, 1.165) is 16.9 Å². The van der Waals surface area contributed by atoms with Crippen LogP contribution >= 0.6 is 0 Å². The van der Waals surface area contributed by atoms with E-state index in [1.165, 1.54) is 5.56 Å². The van der Waals surface area contributed by atoms with E-state index in [2.05, 4.69) is 15.3 Å². The minimum absolute atomic E-state index is 0.0251. The first kappa shape index (κ1) is 18.9. The summed E-state index contributed by atoms with van der Waals surface area (Å²) in [6.45, 7) is 3.42. The van der Waals surface area contributed by atoms with Gasteiger partial charge in [-0.25, -0.2) is 9.97 Å². The minimum Gasteiger partial charge on any atom is -0.352 e. The van der Waals surface area contributed by atoms with E-state index in [0.29, 0.717) is 19.6 Å². The summed E-state index contributed by atoms with van der Waals surface area (Å²) < 4.78 is 1.81. The van der Waals surface area contributed by atoms with Crippen LogP contribution in [0.5, 0.6) is 0 Å². The van der Waals surface area contributed by atoms with Crippen molar-refractivity contribution >= 4 is 11.8 Å². The van der Waals surface area contributed by atoms with E-state index in [1.54, 1.807) is 23.6 Å². The molecule has 29 heavy (non-hydrogen) atoms. The molecule has 7 nitrogen and oxygen atoms in total. The number of imidazole rings is 1. The molecule has 7 heteroatoms. The SMILES string of the molecule is Cc1ccc(CN2CC(C(=O)NCc3ccc(-n4ccnc4)nc3)CC2=O)cc1. The van der Waals surface area contributed by atoms with E-state index in [-0.39, 0.29) is 24.2 Å². The summed E-state index contributed by atoms with van der Waals surface area (Å²) >= 11 is 0. The molecule has 2 aromatic heterocycles. The molecular weight excluding hydrogens is 366 g/mol. The molecule has 0 aliphatic carbocycles. The maximum Gasteiger partial charge on any atom is 0.225 e. The zero-order valence-corrected chi connectivity index (χ0v) is 16.3. The van der Waals surface area contributed by atoms with Gasteiger partial charge in [0.1, 0.15) is 12.1 Å². The lowest BCUT2D eigenvalue weighted by molar-refractivity contribution is -0.129. The first-order chi connectivity index (χ1) is 14.1. The molecule has 148 valence electrons. The number of hydrogen-bond acceptors (Lipinski definition) is 4. The number of rotatable bonds is 6. The van der Waals surface area contributed by atoms with Crippen molar-refractivity contribution in [2.75, 3.05) is 6.54 Å². The minimum atomic E-state index is -0.314. The summed E-state index contributed by atoms with van der Waals surface area (Å²) in [4.78, 5) is 35.0. The lowest BCUT2D eigenvalue weighted by Crippen LogP contribution is -2.32. The Labute approximate surface area is 169 Å². The predicted molar refractivity (Wildman–Crippen MR) is 108 cm³/mol. The van der Waals surface area contributed by atoms with Gasteiger partial charge in [0.05, 0.1) is 5.92 Å². The summed E-state index contributed by atoms with van der Waals surface area (Å²) in [6, 6.07) is 11.9. The molecule has 1 aromatic carbocycles. The highest BCUT2D eigenvalue weighted by atomic mass is 16.2. The number of carbonyl (C=O) groups excluding carboxylic acids is 2. The van der Waals surface area contributed by atoms with Crippen molar-refractivity contribution in [3.63, 3.8) is 0 Å². The monoisotopic (exact) mass is 389 g/mol. The molecule has 1 N–H and O–H groups in total. The average molecular weight is 389 g/mol. The molecule has 1 saturated heterocycles. The topological polar surface area (TPSA) is 80.1 Å². The van der Waals surface area contributed by atoms with Gasteiger partial charge < -0.3 is 10.2 Å². The van der Waals surface area contributed by atoms with Gasteiger partial charge in [-0.1, -0.05) is 35.9 Å². The van der Waals surface area contributed by atoms with Gasteiger partial charge in [-0.2, -0.15) is 0 Å². The molecule has 1 fully saturated rings. The number of hydrogen-bond donors (Lipinski definition) is 1. The van der Waals surface area contributed by atoms with Gasteiger partial charge in [-0.3, -0.25) is 14.2 Å².